The Morgan fingerprint density at radius 1 is 1.03 bits per heavy atom. The molecule has 0 atom stereocenters. The minimum Gasteiger partial charge on any atom is -0.495 e. The number of hydrogen-bond acceptors (Lipinski definition) is 4. The van der Waals surface area contributed by atoms with Crippen molar-refractivity contribution in [3.05, 3.63) is 54.1 Å². The predicted octanol–water partition coefficient (Wildman–Crippen LogP) is 3.10. The number of hydrogen-bond donors (Lipinski definition) is 0. The lowest BCUT2D eigenvalue weighted by molar-refractivity contribution is -0.135. The maximum absolute atomic E-state index is 12.8. The number of ether oxygens (including phenoxy) is 1. The van der Waals surface area contributed by atoms with Crippen LogP contribution in [0.25, 0.3) is 0 Å². The summed E-state index contributed by atoms with van der Waals surface area (Å²) in [5.41, 5.74) is 2.97. The number of aryl methyl sites for hydroxylation is 1. The molecule has 6 nitrogen and oxygen atoms in total. The van der Waals surface area contributed by atoms with Crippen LogP contribution in [0.2, 0.25) is 0 Å². The van der Waals surface area contributed by atoms with E-state index in [9.17, 15) is 9.59 Å². The van der Waals surface area contributed by atoms with Crippen molar-refractivity contribution in [2.75, 3.05) is 49.6 Å². The van der Waals surface area contributed by atoms with E-state index in [0.29, 0.717) is 19.6 Å². The monoisotopic (exact) mass is 395 g/mol. The second-order valence-corrected chi connectivity index (χ2v) is 7.19. The molecule has 3 rings (SSSR count). The molecule has 0 aromatic heterocycles. The lowest BCUT2D eigenvalue weighted by atomic mass is 10.2. The van der Waals surface area contributed by atoms with Crippen LogP contribution >= 0.6 is 0 Å². The van der Waals surface area contributed by atoms with Crippen LogP contribution in [0, 0.1) is 6.92 Å². The standard InChI is InChI=1S/C23H29N3O3/c1-4-26(19-9-7-8-18(2)16-19)23(28)17-22(27)25-14-12-24(13-15-25)20-10-5-6-11-21(20)29-3/h5-11,16H,4,12-15,17H2,1-3H3. The Hall–Kier alpha value is -3.02. The van der Waals surface area contributed by atoms with Crippen molar-refractivity contribution in [2.45, 2.75) is 20.3 Å². The van der Waals surface area contributed by atoms with Crippen molar-refractivity contribution >= 4 is 23.2 Å². The predicted molar refractivity (Wildman–Crippen MR) is 116 cm³/mol. The fourth-order valence-electron chi connectivity index (χ4n) is 3.72. The van der Waals surface area contributed by atoms with Gasteiger partial charge in [-0.1, -0.05) is 24.3 Å². The van der Waals surface area contributed by atoms with E-state index in [1.165, 1.54) is 0 Å². The highest BCUT2D eigenvalue weighted by Gasteiger charge is 2.26. The van der Waals surface area contributed by atoms with Crippen molar-refractivity contribution in [3.8, 4) is 5.75 Å². The minimum atomic E-state index is -0.157. The third-order valence-electron chi connectivity index (χ3n) is 5.29. The Bertz CT molecular complexity index is 860. The highest BCUT2D eigenvalue weighted by molar-refractivity contribution is 6.05. The van der Waals surface area contributed by atoms with Gasteiger partial charge in [0.25, 0.3) is 0 Å². The molecule has 0 bridgehead atoms. The van der Waals surface area contributed by atoms with Gasteiger partial charge in [-0.05, 0) is 43.7 Å². The first-order valence-electron chi connectivity index (χ1n) is 10.1. The summed E-state index contributed by atoms with van der Waals surface area (Å²) >= 11 is 0. The number of piperazine rings is 1. The Labute approximate surface area is 172 Å². The van der Waals surface area contributed by atoms with Gasteiger partial charge in [-0.3, -0.25) is 9.59 Å². The average Bonchev–Trinajstić information content (AvgIpc) is 2.74. The Kier molecular flexibility index (Phi) is 6.75. The van der Waals surface area contributed by atoms with Gasteiger partial charge in [0.2, 0.25) is 11.8 Å². The second kappa shape index (κ2) is 9.45. The van der Waals surface area contributed by atoms with Gasteiger partial charge in [-0.2, -0.15) is 0 Å². The number of anilines is 2. The summed E-state index contributed by atoms with van der Waals surface area (Å²) in [6.07, 6.45) is -0.101. The van der Waals surface area contributed by atoms with E-state index in [1.807, 2.05) is 62.4 Å². The number of nitrogens with zero attached hydrogens (tertiary/aromatic N) is 3. The molecule has 0 N–H and O–H groups in total. The van der Waals surface area contributed by atoms with Crippen molar-refractivity contribution in [3.63, 3.8) is 0 Å². The topological polar surface area (TPSA) is 53.1 Å². The highest BCUT2D eigenvalue weighted by Crippen LogP contribution is 2.28. The van der Waals surface area contributed by atoms with Gasteiger partial charge in [0, 0.05) is 38.4 Å². The van der Waals surface area contributed by atoms with Crippen LogP contribution in [-0.4, -0.2) is 56.5 Å². The molecule has 0 radical (unpaired) electrons. The molecule has 1 fully saturated rings. The number of rotatable bonds is 6. The van der Waals surface area contributed by atoms with Crippen molar-refractivity contribution < 1.29 is 14.3 Å². The molecular weight excluding hydrogens is 366 g/mol. The number of amides is 2. The lowest BCUT2D eigenvalue weighted by Crippen LogP contribution is -2.50. The van der Waals surface area contributed by atoms with Gasteiger partial charge in [0.05, 0.1) is 12.8 Å². The van der Waals surface area contributed by atoms with E-state index in [-0.39, 0.29) is 18.2 Å². The van der Waals surface area contributed by atoms with E-state index in [2.05, 4.69) is 4.90 Å². The Balaban J connectivity index is 1.58. The second-order valence-electron chi connectivity index (χ2n) is 7.19. The zero-order valence-electron chi connectivity index (χ0n) is 17.4. The molecular formula is C23H29N3O3. The summed E-state index contributed by atoms with van der Waals surface area (Å²) < 4.78 is 5.44. The van der Waals surface area contributed by atoms with Crippen molar-refractivity contribution in [2.24, 2.45) is 0 Å². The van der Waals surface area contributed by atoms with Crippen LogP contribution in [0.4, 0.5) is 11.4 Å². The number of methoxy groups -OCH3 is 1. The first-order chi connectivity index (χ1) is 14.0. The summed E-state index contributed by atoms with van der Waals surface area (Å²) in [5.74, 6) is 0.565. The van der Waals surface area contributed by atoms with Gasteiger partial charge in [-0.25, -0.2) is 0 Å². The number of carbonyl (C=O) groups excluding carboxylic acids is 2. The molecule has 1 heterocycles. The van der Waals surface area contributed by atoms with E-state index in [1.54, 1.807) is 16.9 Å². The molecule has 0 aliphatic carbocycles. The molecule has 6 heteroatoms. The molecule has 154 valence electrons. The van der Waals surface area contributed by atoms with Crippen LogP contribution in [0.1, 0.15) is 18.9 Å². The van der Waals surface area contributed by atoms with E-state index in [0.717, 1.165) is 35.8 Å². The minimum absolute atomic E-state index is 0.101. The summed E-state index contributed by atoms with van der Waals surface area (Å²) in [7, 11) is 1.66. The van der Waals surface area contributed by atoms with E-state index >= 15 is 0 Å². The third-order valence-corrected chi connectivity index (χ3v) is 5.29. The zero-order valence-corrected chi connectivity index (χ0v) is 17.4. The van der Waals surface area contributed by atoms with Gasteiger partial charge in [0.15, 0.2) is 0 Å². The fraction of sp³-hybridized carbons (Fsp3) is 0.391. The Morgan fingerprint density at radius 2 is 1.76 bits per heavy atom. The van der Waals surface area contributed by atoms with Crippen LogP contribution in [0.3, 0.4) is 0 Å². The maximum atomic E-state index is 12.8. The van der Waals surface area contributed by atoms with Gasteiger partial charge < -0.3 is 19.4 Å². The summed E-state index contributed by atoms with van der Waals surface area (Å²) in [6, 6.07) is 15.7. The smallest absolute Gasteiger partial charge is 0.236 e. The molecule has 0 unspecified atom stereocenters. The molecule has 1 aliphatic heterocycles. The summed E-state index contributed by atoms with van der Waals surface area (Å²) in [6.45, 7) is 7.09. The zero-order chi connectivity index (χ0) is 20.8. The molecule has 2 aromatic carbocycles. The molecule has 2 amide bonds. The maximum Gasteiger partial charge on any atom is 0.236 e. The van der Waals surface area contributed by atoms with Crippen molar-refractivity contribution in [1.29, 1.82) is 0 Å². The number of carbonyl (C=O) groups is 2. The van der Waals surface area contributed by atoms with Gasteiger partial charge >= 0.3 is 0 Å². The van der Waals surface area contributed by atoms with E-state index in [4.69, 9.17) is 4.74 Å². The van der Waals surface area contributed by atoms with E-state index < -0.39 is 0 Å². The van der Waals surface area contributed by atoms with Gasteiger partial charge in [-0.15, -0.1) is 0 Å². The SMILES string of the molecule is CCN(C(=O)CC(=O)N1CCN(c2ccccc2OC)CC1)c1cccc(C)c1. The normalized spacial score (nSPS) is 13.9. The van der Waals surface area contributed by atoms with Crippen LogP contribution < -0.4 is 14.5 Å². The molecule has 0 spiro atoms. The molecule has 0 saturated carbocycles. The largest absolute Gasteiger partial charge is 0.495 e. The first-order valence-corrected chi connectivity index (χ1v) is 10.1. The summed E-state index contributed by atoms with van der Waals surface area (Å²) in [5, 5.41) is 0. The number of para-hydroxylation sites is 2. The van der Waals surface area contributed by atoms with Crippen LogP contribution in [-0.2, 0) is 9.59 Å². The average molecular weight is 396 g/mol. The quantitative estimate of drug-likeness (QED) is 0.706. The van der Waals surface area contributed by atoms with Crippen LogP contribution in [0.15, 0.2) is 48.5 Å². The highest BCUT2D eigenvalue weighted by atomic mass is 16.5. The Morgan fingerprint density at radius 3 is 2.41 bits per heavy atom. The molecule has 29 heavy (non-hydrogen) atoms. The molecule has 1 saturated heterocycles. The number of benzene rings is 2. The third kappa shape index (κ3) is 4.88. The molecule has 1 aliphatic rings. The lowest BCUT2D eigenvalue weighted by Gasteiger charge is -2.36. The fourth-order valence-corrected chi connectivity index (χ4v) is 3.72. The molecule has 2 aromatic rings. The first kappa shape index (κ1) is 20.7. The van der Waals surface area contributed by atoms with Crippen molar-refractivity contribution in [1.82, 2.24) is 4.90 Å². The van der Waals surface area contributed by atoms with Gasteiger partial charge in [0.1, 0.15) is 12.2 Å². The van der Waals surface area contributed by atoms with Crippen LogP contribution in [0.5, 0.6) is 5.75 Å². The summed E-state index contributed by atoms with van der Waals surface area (Å²) in [4.78, 5) is 31.2.